The van der Waals surface area contributed by atoms with Crippen LogP contribution in [-0.2, 0) is 16.1 Å². The number of ether oxygens (including phenoxy) is 1. The summed E-state index contributed by atoms with van der Waals surface area (Å²) >= 11 is 1.68. The zero-order valence-electron chi connectivity index (χ0n) is 17.4. The van der Waals surface area contributed by atoms with Crippen molar-refractivity contribution in [2.24, 2.45) is 11.8 Å². The molecule has 1 fully saturated rings. The maximum absolute atomic E-state index is 12.8. The first kappa shape index (κ1) is 21.8. The molecule has 1 unspecified atom stereocenters. The summed E-state index contributed by atoms with van der Waals surface area (Å²) in [5.41, 5.74) is 2.25. The topological polar surface area (TPSA) is 94.3 Å². The van der Waals surface area contributed by atoms with E-state index in [1.54, 1.807) is 11.8 Å². The SMILES string of the molecule is O=C(O)COC[C@H]1CC[C@@H](Cn2nc(-c3ccccc3)c(C3CC=CS3)nc2=O)CC1. The number of carboxylic acid groups (broad SMARTS) is 1. The van der Waals surface area contributed by atoms with Crippen LogP contribution in [-0.4, -0.2) is 39.1 Å². The van der Waals surface area contributed by atoms with Crippen LogP contribution in [0.15, 0.2) is 46.6 Å². The van der Waals surface area contributed by atoms with Gasteiger partial charge >= 0.3 is 11.7 Å². The highest BCUT2D eigenvalue weighted by Crippen LogP contribution is 2.40. The molecule has 1 aliphatic carbocycles. The van der Waals surface area contributed by atoms with Crippen LogP contribution in [0.2, 0.25) is 0 Å². The van der Waals surface area contributed by atoms with E-state index < -0.39 is 5.97 Å². The largest absolute Gasteiger partial charge is 0.480 e. The number of aromatic nitrogens is 3. The van der Waals surface area contributed by atoms with Crippen LogP contribution < -0.4 is 5.69 Å². The molecule has 0 saturated heterocycles. The maximum Gasteiger partial charge on any atom is 0.364 e. The average molecular weight is 442 g/mol. The summed E-state index contributed by atoms with van der Waals surface area (Å²) in [5, 5.41) is 15.7. The number of allylic oxidation sites excluding steroid dienone is 1. The number of carboxylic acids is 1. The second-order valence-electron chi connectivity index (χ2n) is 8.20. The minimum Gasteiger partial charge on any atom is -0.480 e. The number of carbonyl (C=O) groups is 1. The number of benzene rings is 1. The van der Waals surface area contributed by atoms with Crippen molar-refractivity contribution in [3.63, 3.8) is 0 Å². The molecule has 1 aliphatic heterocycles. The Morgan fingerprint density at radius 1 is 1.16 bits per heavy atom. The standard InChI is InChI=1S/C23H27N3O4S/c27-20(28)15-30-14-17-10-8-16(9-11-17)13-26-23(29)24-22(19-7-4-12-31-19)21(25-26)18-5-2-1-3-6-18/h1-6,12,16-17,19H,7-11,13-15H2,(H,27,28)/t16-,17+,19?. The van der Waals surface area contributed by atoms with Gasteiger partial charge in [0.1, 0.15) is 12.3 Å². The number of rotatable bonds is 8. The van der Waals surface area contributed by atoms with Gasteiger partial charge in [-0.05, 0) is 49.3 Å². The molecule has 4 rings (SSSR count). The molecule has 2 aliphatic rings. The highest BCUT2D eigenvalue weighted by molar-refractivity contribution is 8.02. The molecule has 0 amide bonds. The van der Waals surface area contributed by atoms with Gasteiger partial charge in [-0.15, -0.1) is 11.8 Å². The van der Waals surface area contributed by atoms with E-state index in [0.717, 1.165) is 49.1 Å². The molecule has 0 bridgehead atoms. The summed E-state index contributed by atoms with van der Waals surface area (Å²) in [6.45, 7) is 0.803. The van der Waals surface area contributed by atoms with E-state index in [2.05, 4.69) is 16.5 Å². The fraction of sp³-hybridized carbons (Fsp3) is 0.478. The third kappa shape index (κ3) is 5.62. The lowest BCUT2D eigenvalue weighted by Crippen LogP contribution is -2.32. The Balaban J connectivity index is 1.47. The summed E-state index contributed by atoms with van der Waals surface area (Å²) in [6.07, 6.45) is 6.85. The summed E-state index contributed by atoms with van der Waals surface area (Å²) in [5.74, 6) is -0.191. The molecule has 164 valence electrons. The molecule has 31 heavy (non-hydrogen) atoms. The van der Waals surface area contributed by atoms with Gasteiger partial charge in [-0.3, -0.25) is 0 Å². The normalized spacial score (nSPS) is 23.2. The van der Waals surface area contributed by atoms with Gasteiger partial charge in [0.15, 0.2) is 0 Å². The predicted molar refractivity (Wildman–Crippen MR) is 120 cm³/mol. The fourth-order valence-corrected chi connectivity index (χ4v) is 5.20. The van der Waals surface area contributed by atoms with Crippen molar-refractivity contribution >= 4 is 17.7 Å². The average Bonchev–Trinajstić information content (AvgIpc) is 3.31. The van der Waals surface area contributed by atoms with E-state index in [4.69, 9.17) is 14.9 Å². The number of thioether (sulfide) groups is 1. The Kier molecular flexibility index (Phi) is 7.19. The molecule has 2 heterocycles. The van der Waals surface area contributed by atoms with Gasteiger partial charge in [0.25, 0.3) is 0 Å². The van der Waals surface area contributed by atoms with Crippen LogP contribution in [0.1, 0.15) is 43.0 Å². The van der Waals surface area contributed by atoms with Crippen molar-refractivity contribution in [3.05, 3.63) is 58.0 Å². The molecule has 1 saturated carbocycles. The molecular formula is C23H27N3O4S. The van der Waals surface area contributed by atoms with Crippen LogP contribution in [0, 0.1) is 11.8 Å². The first-order chi connectivity index (χ1) is 15.1. The molecule has 7 nitrogen and oxygen atoms in total. The second kappa shape index (κ2) is 10.2. The van der Waals surface area contributed by atoms with Gasteiger partial charge in [0, 0.05) is 12.1 Å². The van der Waals surface area contributed by atoms with Crippen molar-refractivity contribution in [3.8, 4) is 11.3 Å². The van der Waals surface area contributed by atoms with Gasteiger partial charge in [-0.2, -0.15) is 10.1 Å². The van der Waals surface area contributed by atoms with E-state index in [9.17, 15) is 9.59 Å². The molecule has 1 N–H and O–H groups in total. The minimum absolute atomic E-state index is 0.131. The lowest BCUT2D eigenvalue weighted by Gasteiger charge is -2.28. The van der Waals surface area contributed by atoms with Gasteiger partial charge in [0.05, 0.1) is 17.6 Å². The van der Waals surface area contributed by atoms with E-state index >= 15 is 0 Å². The summed E-state index contributed by atoms with van der Waals surface area (Å²) < 4.78 is 6.78. The van der Waals surface area contributed by atoms with Crippen molar-refractivity contribution in [1.82, 2.24) is 14.8 Å². The Hall–Kier alpha value is -2.45. The molecule has 1 atom stereocenters. The van der Waals surface area contributed by atoms with Crippen LogP contribution >= 0.6 is 11.8 Å². The highest BCUT2D eigenvalue weighted by atomic mass is 32.2. The lowest BCUT2D eigenvalue weighted by molar-refractivity contribution is -0.142. The van der Waals surface area contributed by atoms with Crippen molar-refractivity contribution in [1.29, 1.82) is 0 Å². The van der Waals surface area contributed by atoms with Crippen LogP contribution in [0.25, 0.3) is 11.3 Å². The van der Waals surface area contributed by atoms with Gasteiger partial charge in [0.2, 0.25) is 0 Å². The number of aliphatic carboxylic acids is 1. The van der Waals surface area contributed by atoms with Crippen LogP contribution in [0.5, 0.6) is 0 Å². The molecular weight excluding hydrogens is 414 g/mol. The van der Waals surface area contributed by atoms with Crippen molar-refractivity contribution in [2.45, 2.75) is 43.9 Å². The minimum atomic E-state index is -0.934. The Morgan fingerprint density at radius 2 is 1.90 bits per heavy atom. The molecule has 1 aromatic carbocycles. The summed E-state index contributed by atoms with van der Waals surface area (Å²) in [7, 11) is 0. The third-order valence-electron chi connectivity index (χ3n) is 5.92. The van der Waals surface area contributed by atoms with E-state index in [1.165, 1.54) is 4.68 Å². The number of hydrogen-bond acceptors (Lipinski definition) is 6. The highest BCUT2D eigenvalue weighted by Gasteiger charge is 2.26. The first-order valence-corrected chi connectivity index (χ1v) is 11.7. The van der Waals surface area contributed by atoms with Crippen LogP contribution in [0.3, 0.4) is 0 Å². The van der Waals surface area contributed by atoms with E-state index in [0.29, 0.717) is 25.0 Å². The molecule has 0 radical (unpaired) electrons. The number of nitrogens with zero attached hydrogens (tertiary/aromatic N) is 3. The molecule has 1 aromatic heterocycles. The quantitative estimate of drug-likeness (QED) is 0.664. The monoisotopic (exact) mass is 441 g/mol. The smallest absolute Gasteiger partial charge is 0.364 e. The van der Waals surface area contributed by atoms with Gasteiger partial charge < -0.3 is 9.84 Å². The lowest BCUT2D eigenvalue weighted by atomic mass is 9.82. The van der Waals surface area contributed by atoms with Crippen LogP contribution in [0.4, 0.5) is 0 Å². The Labute approximate surface area is 185 Å². The summed E-state index contributed by atoms with van der Waals surface area (Å²) in [6, 6.07) is 9.94. The van der Waals surface area contributed by atoms with Crippen molar-refractivity contribution in [2.75, 3.05) is 13.2 Å². The third-order valence-corrected chi connectivity index (χ3v) is 7.01. The second-order valence-corrected chi connectivity index (χ2v) is 9.32. The molecule has 2 aromatic rings. The first-order valence-electron chi connectivity index (χ1n) is 10.7. The number of hydrogen-bond donors (Lipinski definition) is 1. The maximum atomic E-state index is 12.8. The van der Waals surface area contributed by atoms with Gasteiger partial charge in [-0.1, -0.05) is 36.4 Å². The molecule has 8 heteroatoms. The predicted octanol–water partition coefficient (Wildman–Crippen LogP) is 3.90. The Morgan fingerprint density at radius 3 is 2.58 bits per heavy atom. The Bertz CT molecular complexity index is 976. The summed E-state index contributed by atoms with van der Waals surface area (Å²) in [4.78, 5) is 27.9. The zero-order chi connectivity index (χ0) is 21.6. The van der Waals surface area contributed by atoms with E-state index in [-0.39, 0.29) is 17.5 Å². The van der Waals surface area contributed by atoms with Crippen molar-refractivity contribution < 1.29 is 14.6 Å². The zero-order valence-corrected chi connectivity index (χ0v) is 18.2. The fourth-order valence-electron chi connectivity index (χ4n) is 4.27. The van der Waals surface area contributed by atoms with Gasteiger partial charge in [-0.25, -0.2) is 14.3 Å². The van der Waals surface area contributed by atoms with E-state index in [1.807, 2.05) is 30.3 Å². The molecule has 0 spiro atoms.